The Labute approximate surface area is 66.8 Å². The molecule has 0 saturated carbocycles. The molecule has 0 aromatic heterocycles. The van der Waals surface area contributed by atoms with Crippen LogP contribution in [0.25, 0.3) is 0 Å². The molecule has 3 heteroatoms. The fourth-order valence-electron chi connectivity index (χ4n) is 2.12. The van der Waals surface area contributed by atoms with Crippen molar-refractivity contribution in [2.75, 3.05) is 13.1 Å². The van der Waals surface area contributed by atoms with E-state index in [4.69, 9.17) is 0 Å². The first-order chi connectivity index (χ1) is 5.29. The standard InChI is InChI=1S/C8H14N2O/c1-6-2-3-7-8(11)9-4-5-10(6)7/h6-7H,2-5H2,1H3,(H,9,11)/t6-,7-/m1/s1. The molecule has 0 aliphatic carbocycles. The molecule has 0 radical (unpaired) electrons. The number of nitrogens with zero attached hydrogens (tertiary/aromatic N) is 1. The number of hydrogen-bond donors (Lipinski definition) is 1. The largest absolute Gasteiger partial charge is 0.353 e. The third-order valence-electron chi connectivity index (χ3n) is 2.80. The van der Waals surface area contributed by atoms with Crippen molar-refractivity contribution in [2.24, 2.45) is 0 Å². The maximum absolute atomic E-state index is 11.3. The van der Waals surface area contributed by atoms with Gasteiger partial charge in [0.25, 0.3) is 0 Å². The highest BCUT2D eigenvalue weighted by atomic mass is 16.2. The lowest BCUT2D eigenvalue weighted by Gasteiger charge is -2.31. The third-order valence-corrected chi connectivity index (χ3v) is 2.80. The summed E-state index contributed by atoms with van der Waals surface area (Å²) in [4.78, 5) is 13.6. The van der Waals surface area contributed by atoms with E-state index in [1.807, 2.05) is 0 Å². The van der Waals surface area contributed by atoms with Crippen LogP contribution in [0.2, 0.25) is 0 Å². The van der Waals surface area contributed by atoms with Gasteiger partial charge in [0.05, 0.1) is 6.04 Å². The summed E-state index contributed by atoms with van der Waals surface area (Å²) in [5, 5.41) is 2.89. The van der Waals surface area contributed by atoms with Crippen molar-refractivity contribution in [3.63, 3.8) is 0 Å². The van der Waals surface area contributed by atoms with Gasteiger partial charge in [0.1, 0.15) is 0 Å². The molecule has 2 aliphatic heterocycles. The summed E-state index contributed by atoms with van der Waals surface area (Å²) in [7, 11) is 0. The highest BCUT2D eigenvalue weighted by molar-refractivity contribution is 5.82. The second kappa shape index (κ2) is 2.48. The smallest absolute Gasteiger partial charge is 0.237 e. The van der Waals surface area contributed by atoms with Gasteiger partial charge in [-0.1, -0.05) is 0 Å². The SMILES string of the molecule is C[C@@H]1CC[C@@H]2C(=O)NCCN12. The number of hydrogen-bond acceptors (Lipinski definition) is 2. The van der Waals surface area contributed by atoms with Gasteiger partial charge in [0.15, 0.2) is 0 Å². The van der Waals surface area contributed by atoms with Crippen molar-refractivity contribution in [2.45, 2.75) is 31.8 Å². The number of rotatable bonds is 0. The van der Waals surface area contributed by atoms with Crippen LogP contribution in [0, 0.1) is 0 Å². The minimum Gasteiger partial charge on any atom is -0.353 e. The molecule has 0 bridgehead atoms. The zero-order valence-electron chi connectivity index (χ0n) is 6.84. The zero-order chi connectivity index (χ0) is 7.84. The molecule has 2 atom stereocenters. The van der Waals surface area contributed by atoms with Crippen LogP contribution in [0.5, 0.6) is 0 Å². The second-order valence-electron chi connectivity index (χ2n) is 3.47. The molecule has 0 unspecified atom stereocenters. The third kappa shape index (κ3) is 1.03. The number of piperazine rings is 1. The van der Waals surface area contributed by atoms with Crippen LogP contribution in [0.1, 0.15) is 19.8 Å². The lowest BCUT2D eigenvalue weighted by Crippen LogP contribution is -2.53. The van der Waals surface area contributed by atoms with Crippen molar-refractivity contribution < 1.29 is 4.79 Å². The van der Waals surface area contributed by atoms with Crippen LogP contribution >= 0.6 is 0 Å². The Bertz CT molecular complexity index is 181. The van der Waals surface area contributed by atoms with E-state index >= 15 is 0 Å². The van der Waals surface area contributed by atoms with Gasteiger partial charge in [-0.3, -0.25) is 9.69 Å². The van der Waals surface area contributed by atoms with E-state index < -0.39 is 0 Å². The van der Waals surface area contributed by atoms with Gasteiger partial charge in [0, 0.05) is 19.1 Å². The monoisotopic (exact) mass is 154 g/mol. The first kappa shape index (κ1) is 7.10. The predicted octanol–water partition coefficient (Wildman–Crippen LogP) is -0.0309. The number of fused-ring (bicyclic) bond motifs is 1. The van der Waals surface area contributed by atoms with Gasteiger partial charge in [0.2, 0.25) is 5.91 Å². The van der Waals surface area contributed by atoms with Gasteiger partial charge < -0.3 is 5.32 Å². The molecule has 62 valence electrons. The van der Waals surface area contributed by atoms with Crippen LogP contribution in [0.4, 0.5) is 0 Å². The lowest BCUT2D eigenvalue weighted by atomic mass is 10.2. The normalized spacial score (nSPS) is 38.5. The molecule has 3 nitrogen and oxygen atoms in total. The lowest BCUT2D eigenvalue weighted by molar-refractivity contribution is -0.128. The quantitative estimate of drug-likeness (QED) is 0.531. The number of carbonyl (C=O) groups is 1. The summed E-state index contributed by atoms with van der Waals surface area (Å²) in [5.74, 6) is 0.237. The van der Waals surface area contributed by atoms with Crippen molar-refractivity contribution in [1.29, 1.82) is 0 Å². The average Bonchev–Trinajstić information content (AvgIpc) is 2.35. The molecule has 2 aliphatic rings. The number of amides is 1. The molecule has 0 aromatic rings. The van der Waals surface area contributed by atoms with Crippen molar-refractivity contribution in [3.8, 4) is 0 Å². The molecule has 1 amide bonds. The van der Waals surface area contributed by atoms with Crippen molar-refractivity contribution in [3.05, 3.63) is 0 Å². The minimum atomic E-state index is 0.193. The highest BCUT2D eigenvalue weighted by Gasteiger charge is 2.37. The van der Waals surface area contributed by atoms with Crippen LogP contribution in [-0.4, -0.2) is 36.0 Å². The summed E-state index contributed by atoms with van der Waals surface area (Å²) in [6.45, 7) is 4.08. The molecular formula is C8H14N2O. The Morgan fingerprint density at radius 2 is 2.36 bits per heavy atom. The van der Waals surface area contributed by atoms with Gasteiger partial charge in [-0.2, -0.15) is 0 Å². The highest BCUT2D eigenvalue weighted by Crippen LogP contribution is 2.24. The maximum atomic E-state index is 11.3. The van der Waals surface area contributed by atoms with E-state index in [9.17, 15) is 4.79 Å². The van der Waals surface area contributed by atoms with Gasteiger partial charge in [-0.15, -0.1) is 0 Å². The first-order valence-corrected chi connectivity index (χ1v) is 4.32. The fourth-order valence-corrected chi connectivity index (χ4v) is 2.12. The second-order valence-corrected chi connectivity index (χ2v) is 3.47. The van der Waals surface area contributed by atoms with Gasteiger partial charge >= 0.3 is 0 Å². The zero-order valence-corrected chi connectivity index (χ0v) is 6.84. The molecule has 2 heterocycles. The molecular weight excluding hydrogens is 140 g/mol. The summed E-state index contributed by atoms with van der Waals surface area (Å²) in [5.41, 5.74) is 0. The molecule has 0 aromatic carbocycles. The Hall–Kier alpha value is -0.570. The summed E-state index contributed by atoms with van der Waals surface area (Å²) in [6, 6.07) is 0.810. The van der Waals surface area contributed by atoms with E-state index in [0.29, 0.717) is 6.04 Å². The summed E-state index contributed by atoms with van der Waals surface area (Å²) in [6.07, 6.45) is 2.23. The summed E-state index contributed by atoms with van der Waals surface area (Å²) >= 11 is 0. The Kier molecular flexibility index (Phi) is 1.60. The van der Waals surface area contributed by atoms with E-state index in [2.05, 4.69) is 17.1 Å². The van der Waals surface area contributed by atoms with E-state index in [1.165, 1.54) is 6.42 Å². The molecule has 2 saturated heterocycles. The topological polar surface area (TPSA) is 32.3 Å². The van der Waals surface area contributed by atoms with Crippen LogP contribution < -0.4 is 5.32 Å². The van der Waals surface area contributed by atoms with Crippen molar-refractivity contribution in [1.82, 2.24) is 10.2 Å². The average molecular weight is 154 g/mol. The van der Waals surface area contributed by atoms with E-state index in [0.717, 1.165) is 19.5 Å². The first-order valence-electron chi connectivity index (χ1n) is 4.32. The van der Waals surface area contributed by atoms with Crippen molar-refractivity contribution >= 4 is 5.91 Å². The molecule has 2 rings (SSSR count). The van der Waals surface area contributed by atoms with E-state index in [1.54, 1.807) is 0 Å². The Morgan fingerprint density at radius 3 is 3.09 bits per heavy atom. The number of carbonyl (C=O) groups excluding carboxylic acids is 1. The van der Waals surface area contributed by atoms with Crippen LogP contribution in [0.15, 0.2) is 0 Å². The minimum absolute atomic E-state index is 0.193. The maximum Gasteiger partial charge on any atom is 0.237 e. The Balaban J connectivity index is 2.13. The van der Waals surface area contributed by atoms with Crippen LogP contribution in [-0.2, 0) is 4.79 Å². The van der Waals surface area contributed by atoms with E-state index in [-0.39, 0.29) is 11.9 Å². The van der Waals surface area contributed by atoms with Crippen LogP contribution in [0.3, 0.4) is 0 Å². The Morgan fingerprint density at radius 1 is 1.55 bits per heavy atom. The molecule has 2 fully saturated rings. The molecule has 11 heavy (non-hydrogen) atoms. The van der Waals surface area contributed by atoms with Gasteiger partial charge in [-0.05, 0) is 19.8 Å². The summed E-state index contributed by atoms with van der Waals surface area (Å²) < 4.78 is 0. The molecule has 0 spiro atoms. The molecule has 1 N–H and O–H groups in total. The fraction of sp³-hybridized carbons (Fsp3) is 0.875. The number of nitrogens with one attached hydrogen (secondary N) is 1. The predicted molar refractivity (Wildman–Crippen MR) is 42.2 cm³/mol. The van der Waals surface area contributed by atoms with Gasteiger partial charge in [-0.25, -0.2) is 0 Å².